The van der Waals surface area contributed by atoms with Crippen molar-refractivity contribution in [1.82, 2.24) is 0 Å². The maximum absolute atomic E-state index is 14.0. The van der Waals surface area contributed by atoms with Gasteiger partial charge < -0.3 is 4.90 Å². The summed E-state index contributed by atoms with van der Waals surface area (Å²) in [7, 11) is 1.96. The molecular formula is C25H22FN3O2S. The molecule has 0 aromatic heterocycles. The van der Waals surface area contributed by atoms with Crippen LogP contribution in [-0.2, 0) is 5.75 Å². The number of aliphatic imine (C=N–C) groups is 1. The van der Waals surface area contributed by atoms with Crippen LogP contribution in [0, 0.1) is 15.9 Å². The number of nitro groups is 1. The Kier molecular flexibility index (Phi) is 6.66. The molecule has 1 aliphatic heterocycles. The molecule has 0 amide bonds. The molecule has 0 spiro atoms. The van der Waals surface area contributed by atoms with Crippen molar-refractivity contribution in [2.75, 3.05) is 25.0 Å². The van der Waals surface area contributed by atoms with Crippen LogP contribution in [0.25, 0.3) is 6.08 Å². The van der Waals surface area contributed by atoms with E-state index in [-0.39, 0.29) is 11.5 Å². The van der Waals surface area contributed by atoms with E-state index in [9.17, 15) is 14.5 Å². The van der Waals surface area contributed by atoms with Crippen molar-refractivity contribution in [1.29, 1.82) is 0 Å². The molecule has 1 aliphatic rings. The van der Waals surface area contributed by atoms with Gasteiger partial charge in [0.15, 0.2) is 0 Å². The topological polar surface area (TPSA) is 58.7 Å². The number of hydrogen-bond acceptors (Lipinski definition) is 5. The van der Waals surface area contributed by atoms with Crippen molar-refractivity contribution >= 4 is 34.9 Å². The second-order valence-corrected chi connectivity index (χ2v) is 8.45. The molecule has 0 atom stereocenters. The minimum absolute atomic E-state index is 0.0303. The molecule has 0 aliphatic carbocycles. The number of non-ortho nitro benzene ring substituents is 1. The van der Waals surface area contributed by atoms with E-state index in [1.807, 2.05) is 42.3 Å². The Balaban J connectivity index is 1.67. The zero-order chi connectivity index (χ0) is 22.5. The molecule has 1 heterocycles. The van der Waals surface area contributed by atoms with Crippen molar-refractivity contribution in [2.24, 2.45) is 4.99 Å². The van der Waals surface area contributed by atoms with Crippen molar-refractivity contribution in [3.8, 4) is 0 Å². The Morgan fingerprint density at radius 3 is 2.72 bits per heavy atom. The number of allylic oxidation sites excluding steroid dienone is 1. The van der Waals surface area contributed by atoms with Gasteiger partial charge in [0.05, 0.1) is 17.2 Å². The molecule has 3 aromatic rings. The summed E-state index contributed by atoms with van der Waals surface area (Å²) in [5.41, 5.74) is 4.22. The maximum Gasteiger partial charge on any atom is 0.270 e. The van der Waals surface area contributed by atoms with Gasteiger partial charge in [-0.05, 0) is 41.5 Å². The summed E-state index contributed by atoms with van der Waals surface area (Å²) in [6, 6.07) is 19.6. The van der Waals surface area contributed by atoms with Crippen LogP contribution in [-0.4, -0.2) is 30.8 Å². The molecule has 0 radical (unpaired) electrons. The molecule has 3 aromatic carbocycles. The predicted molar refractivity (Wildman–Crippen MR) is 129 cm³/mol. The molecule has 32 heavy (non-hydrogen) atoms. The van der Waals surface area contributed by atoms with Crippen molar-refractivity contribution in [3.05, 3.63) is 105 Å². The van der Waals surface area contributed by atoms with E-state index >= 15 is 0 Å². The van der Waals surface area contributed by atoms with Crippen LogP contribution in [0.15, 0.2) is 82.7 Å². The normalized spacial score (nSPS) is 13.6. The average molecular weight is 448 g/mol. The maximum atomic E-state index is 14.0. The number of likely N-dealkylation sites (N-methyl/N-ethyl adjacent to an activating group) is 1. The minimum Gasteiger partial charge on any atom is -0.372 e. The third-order valence-corrected chi connectivity index (χ3v) is 6.39. The van der Waals surface area contributed by atoms with E-state index in [0.29, 0.717) is 17.8 Å². The number of halogens is 1. The second kappa shape index (κ2) is 9.78. The van der Waals surface area contributed by atoms with Gasteiger partial charge >= 0.3 is 0 Å². The fourth-order valence-corrected chi connectivity index (χ4v) is 4.50. The third-order valence-electron chi connectivity index (χ3n) is 5.23. The van der Waals surface area contributed by atoms with Crippen LogP contribution in [0.2, 0.25) is 0 Å². The lowest BCUT2D eigenvalue weighted by Gasteiger charge is -2.18. The van der Waals surface area contributed by atoms with Gasteiger partial charge in [0.2, 0.25) is 0 Å². The lowest BCUT2D eigenvalue weighted by atomic mass is 10.0. The number of thioether (sulfide) groups is 1. The van der Waals surface area contributed by atoms with E-state index in [2.05, 4.69) is 17.1 Å². The van der Waals surface area contributed by atoms with Gasteiger partial charge in [0.1, 0.15) is 5.82 Å². The van der Waals surface area contributed by atoms with Gasteiger partial charge in [-0.25, -0.2) is 4.39 Å². The van der Waals surface area contributed by atoms with E-state index < -0.39 is 4.92 Å². The molecule has 0 saturated heterocycles. The molecule has 5 nitrogen and oxygen atoms in total. The molecule has 0 unspecified atom stereocenters. The van der Waals surface area contributed by atoms with Crippen molar-refractivity contribution < 1.29 is 9.31 Å². The summed E-state index contributed by atoms with van der Waals surface area (Å²) in [5.74, 6) is 0.425. The van der Waals surface area contributed by atoms with Crippen molar-refractivity contribution in [2.45, 2.75) is 10.6 Å². The first-order chi connectivity index (χ1) is 15.5. The zero-order valence-corrected chi connectivity index (χ0v) is 18.4. The Hall–Kier alpha value is -3.45. The summed E-state index contributed by atoms with van der Waals surface area (Å²) < 4.78 is 14.0. The van der Waals surface area contributed by atoms with E-state index in [1.54, 1.807) is 30.0 Å². The quantitative estimate of drug-likeness (QED) is 0.265. The van der Waals surface area contributed by atoms with Crippen molar-refractivity contribution in [3.63, 3.8) is 0 Å². The number of hydrogen-bond donors (Lipinski definition) is 0. The highest BCUT2D eigenvalue weighted by Crippen LogP contribution is 2.31. The highest BCUT2D eigenvalue weighted by molar-refractivity contribution is 7.98. The molecule has 0 fully saturated rings. The molecular weight excluding hydrogens is 425 g/mol. The third kappa shape index (κ3) is 5.06. The number of fused-ring (bicyclic) bond motifs is 1. The van der Waals surface area contributed by atoms with Gasteiger partial charge in [0.25, 0.3) is 5.69 Å². The Morgan fingerprint density at radius 1 is 1.12 bits per heavy atom. The highest BCUT2D eigenvalue weighted by atomic mass is 32.2. The number of anilines is 1. The number of benzodiazepines with no additional fused rings is 1. The number of nitro benzene ring substituents is 1. The minimum atomic E-state index is -0.397. The molecule has 0 bridgehead atoms. The summed E-state index contributed by atoms with van der Waals surface area (Å²) in [6.45, 7) is 1.31. The van der Waals surface area contributed by atoms with Gasteiger partial charge in [0, 0.05) is 47.6 Å². The van der Waals surface area contributed by atoms with Crippen LogP contribution in [0.5, 0.6) is 0 Å². The molecule has 0 saturated carbocycles. The Morgan fingerprint density at radius 2 is 1.94 bits per heavy atom. The summed E-state index contributed by atoms with van der Waals surface area (Å²) in [6.07, 6.45) is 3.65. The molecule has 162 valence electrons. The van der Waals surface area contributed by atoms with E-state index in [1.165, 1.54) is 23.8 Å². The van der Waals surface area contributed by atoms with Crippen LogP contribution in [0.1, 0.15) is 16.7 Å². The molecule has 0 N–H and O–H groups in total. The first-order valence-electron chi connectivity index (χ1n) is 10.2. The molecule has 7 heteroatoms. The van der Waals surface area contributed by atoms with Crippen LogP contribution < -0.4 is 4.90 Å². The van der Waals surface area contributed by atoms with E-state index in [4.69, 9.17) is 0 Å². The van der Waals surface area contributed by atoms with Crippen LogP contribution in [0.4, 0.5) is 15.8 Å². The largest absolute Gasteiger partial charge is 0.372 e. The highest BCUT2D eigenvalue weighted by Gasteiger charge is 2.16. The first-order valence-corrected chi connectivity index (χ1v) is 11.2. The van der Waals surface area contributed by atoms with Gasteiger partial charge in [-0.15, -0.1) is 11.8 Å². The Labute approximate surface area is 190 Å². The van der Waals surface area contributed by atoms with Gasteiger partial charge in [-0.2, -0.15) is 0 Å². The fraction of sp³-hybridized carbons (Fsp3) is 0.160. The smallest absolute Gasteiger partial charge is 0.270 e. The van der Waals surface area contributed by atoms with Gasteiger partial charge in [-0.1, -0.05) is 36.4 Å². The zero-order valence-electron chi connectivity index (χ0n) is 17.6. The summed E-state index contributed by atoms with van der Waals surface area (Å²) in [4.78, 5) is 18.6. The predicted octanol–water partition coefficient (Wildman–Crippen LogP) is 5.98. The van der Waals surface area contributed by atoms with Crippen LogP contribution >= 0.6 is 11.8 Å². The monoisotopic (exact) mass is 447 g/mol. The van der Waals surface area contributed by atoms with Gasteiger partial charge in [-0.3, -0.25) is 15.1 Å². The number of benzene rings is 3. The summed E-state index contributed by atoms with van der Waals surface area (Å²) >= 11 is 1.62. The van der Waals surface area contributed by atoms with Crippen LogP contribution in [0.3, 0.4) is 0 Å². The lowest BCUT2D eigenvalue weighted by Crippen LogP contribution is -2.20. The standard InChI is InChI=1S/C25H22FN3O2S/c1-28-14-13-27-23(22-16-20(26)8-11-24(22)28)10-7-19-15-21(29(30)31)9-12-25(19)32-17-18-5-3-2-4-6-18/h2-12,15-16H,13-14,17H2,1H3/b10-7+. The van der Waals surface area contributed by atoms with E-state index in [0.717, 1.165) is 28.4 Å². The average Bonchev–Trinajstić information content (AvgIpc) is 2.95. The lowest BCUT2D eigenvalue weighted by molar-refractivity contribution is -0.384. The Bertz CT molecular complexity index is 1200. The fourth-order valence-electron chi connectivity index (χ4n) is 3.53. The summed E-state index contributed by atoms with van der Waals surface area (Å²) in [5, 5.41) is 11.3. The second-order valence-electron chi connectivity index (χ2n) is 7.44. The number of rotatable bonds is 6. The SMILES string of the molecule is CN1CCN=C(/C=C/c2cc([N+](=O)[O-])ccc2SCc2ccccc2)c2cc(F)ccc21. The number of nitrogens with zero attached hydrogens (tertiary/aromatic N) is 3. The first kappa shape index (κ1) is 21.8. The molecule has 4 rings (SSSR count).